The average molecular weight is 588 g/mol. The molecule has 1 fully saturated rings. The first-order valence-electron chi connectivity index (χ1n) is 11.1. The van der Waals surface area contributed by atoms with Gasteiger partial charge in [0, 0.05) is 28.4 Å². The largest absolute Gasteiger partial charge is 0.496 e. The van der Waals surface area contributed by atoms with Gasteiger partial charge < -0.3 is 15.2 Å². The molecule has 0 saturated heterocycles. The van der Waals surface area contributed by atoms with Crippen LogP contribution in [0.25, 0.3) is 0 Å². The molecule has 4 N–H and O–H groups in total. The van der Waals surface area contributed by atoms with E-state index in [4.69, 9.17) is 37.3 Å². The van der Waals surface area contributed by atoms with E-state index in [-0.39, 0.29) is 34.2 Å². The molecule has 2 unspecified atom stereocenters. The molecule has 3 atom stereocenters. The second-order valence-corrected chi connectivity index (χ2v) is 11.9. The van der Waals surface area contributed by atoms with E-state index in [1.165, 1.54) is 25.7 Å². The Morgan fingerprint density at radius 2 is 2.08 bits per heavy atom. The summed E-state index contributed by atoms with van der Waals surface area (Å²) in [5.41, 5.74) is 1.00. The number of nitrogens with two attached hydrogens (primary N) is 1. The van der Waals surface area contributed by atoms with Crippen LogP contribution < -0.4 is 15.2 Å². The topological polar surface area (TPSA) is 154 Å². The van der Waals surface area contributed by atoms with Crippen LogP contribution in [0, 0.1) is 5.92 Å². The first-order valence-corrected chi connectivity index (χ1v) is 14.2. The standard InChI is InChI=1S/C23H24Cl2N4O6S2/c1-34-18-5-3-13(24)7-15(18)20(30)16-8-19(36-22(16)25)21(31)17-9-27-11-28-23(17)29-14-4-2-12(6-14)10-35-37(26,32)33/h3,5,7-9,11-12,14,20,30H,2,4,6,10H2,1H3,(H2,26,32,33)(H,27,28,29)/t12-,14?,20?/m1/s1. The number of hydrogen-bond acceptors (Lipinski definition) is 10. The number of aliphatic hydroxyl groups is 1. The highest BCUT2D eigenvalue weighted by atomic mass is 35.5. The van der Waals surface area contributed by atoms with Gasteiger partial charge in [-0.05, 0) is 49.4 Å². The molecule has 4 rings (SSSR count). The number of carbonyl (C=O) groups is 1. The van der Waals surface area contributed by atoms with Gasteiger partial charge in [0.1, 0.15) is 24.0 Å². The van der Waals surface area contributed by atoms with Crippen LogP contribution >= 0.6 is 34.5 Å². The first-order chi connectivity index (χ1) is 17.6. The van der Waals surface area contributed by atoms with E-state index in [1.807, 2.05) is 0 Å². The number of halogens is 2. The second kappa shape index (κ2) is 11.6. The Labute approximate surface area is 228 Å². The third-order valence-corrected chi connectivity index (χ3v) is 8.11. The molecule has 3 aromatic rings. The Morgan fingerprint density at radius 3 is 2.81 bits per heavy atom. The number of carbonyl (C=O) groups excluding carboxylic acids is 1. The van der Waals surface area contributed by atoms with Gasteiger partial charge in [0.05, 0.1) is 28.5 Å². The predicted molar refractivity (Wildman–Crippen MR) is 141 cm³/mol. The lowest BCUT2D eigenvalue weighted by atomic mass is 10.0. The Bertz CT molecular complexity index is 1400. The van der Waals surface area contributed by atoms with Gasteiger partial charge >= 0.3 is 10.3 Å². The number of thiophene rings is 1. The van der Waals surface area contributed by atoms with E-state index in [0.29, 0.717) is 39.0 Å². The van der Waals surface area contributed by atoms with E-state index in [1.54, 1.807) is 18.2 Å². The number of aliphatic hydroxyl groups excluding tert-OH is 1. The van der Waals surface area contributed by atoms with E-state index in [2.05, 4.69) is 15.3 Å². The summed E-state index contributed by atoms with van der Waals surface area (Å²) in [6.45, 7) is 0.00276. The quantitative estimate of drug-likeness (QED) is 0.299. The number of rotatable bonds is 10. The SMILES string of the molecule is COc1ccc(Cl)cc1C(O)c1cc(C(=O)c2cncnc2NC2CC[C@@H](COS(N)(=O)=O)C2)sc1Cl. The Morgan fingerprint density at radius 1 is 1.30 bits per heavy atom. The fourth-order valence-electron chi connectivity index (χ4n) is 4.25. The zero-order chi connectivity index (χ0) is 26.7. The van der Waals surface area contributed by atoms with Crippen molar-refractivity contribution in [3.05, 3.63) is 67.7 Å². The second-order valence-electron chi connectivity index (χ2n) is 8.54. The fraction of sp³-hybridized carbons (Fsp3) is 0.348. The van der Waals surface area contributed by atoms with Crippen molar-refractivity contribution in [2.75, 3.05) is 19.0 Å². The van der Waals surface area contributed by atoms with E-state index in [0.717, 1.165) is 24.2 Å². The molecule has 0 bridgehead atoms. The zero-order valence-corrected chi connectivity index (χ0v) is 22.7. The van der Waals surface area contributed by atoms with Crippen molar-refractivity contribution in [1.82, 2.24) is 9.97 Å². The van der Waals surface area contributed by atoms with E-state index < -0.39 is 16.4 Å². The Balaban J connectivity index is 1.52. The number of methoxy groups -OCH3 is 1. The van der Waals surface area contributed by atoms with Crippen molar-refractivity contribution in [1.29, 1.82) is 0 Å². The summed E-state index contributed by atoms with van der Waals surface area (Å²) in [7, 11) is -2.52. The number of nitrogens with zero attached hydrogens (tertiary/aromatic N) is 2. The molecule has 1 aliphatic carbocycles. The maximum absolute atomic E-state index is 13.4. The molecule has 0 radical (unpaired) electrons. The number of benzene rings is 1. The van der Waals surface area contributed by atoms with Crippen LogP contribution in [0.3, 0.4) is 0 Å². The number of ether oxygens (including phenoxy) is 1. The van der Waals surface area contributed by atoms with Crippen molar-refractivity contribution in [2.24, 2.45) is 11.1 Å². The Kier molecular flexibility index (Phi) is 8.69. The molecule has 10 nitrogen and oxygen atoms in total. The van der Waals surface area contributed by atoms with Crippen molar-refractivity contribution in [2.45, 2.75) is 31.4 Å². The molecule has 1 saturated carbocycles. The van der Waals surface area contributed by atoms with Crippen LogP contribution in [0.5, 0.6) is 5.75 Å². The highest BCUT2D eigenvalue weighted by Crippen LogP contribution is 2.40. The molecule has 0 amide bonds. The van der Waals surface area contributed by atoms with Crippen molar-refractivity contribution in [3.63, 3.8) is 0 Å². The van der Waals surface area contributed by atoms with Gasteiger partial charge in [0.15, 0.2) is 0 Å². The molecule has 1 aromatic carbocycles. The molecule has 0 aliphatic heterocycles. The maximum atomic E-state index is 13.4. The van der Waals surface area contributed by atoms with Gasteiger partial charge in [-0.2, -0.15) is 8.42 Å². The smallest absolute Gasteiger partial charge is 0.333 e. The van der Waals surface area contributed by atoms with Crippen LogP contribution in [0.15, 0.2) is 36.8 Å². The molecule has 2 aromatic heterocycles. The molecular formula is C23H24Cl2N4O6S2. The fourth-order valence-corrected chi connectivity index (χ4v) is 6.09. The number of aromatic nitrogens is 2. The van der Waals surface area contributed by atoms with Crippen LogP contribution in [0.1, 0.15) is 51.7 Å². The minimum atomic E-state index is -3.99. The molecule has 0 spiro atoms. The first kappa shape index (κ1) is 27.7. The third-order valence-electron chi connectivity index (χ3n) is 6.02. The zero-order valence-electron chi connectivity index (χ0n) is 19.6. The monoisotopic (exact) mass is 586 g/mol. The summed E-state index contributed by atoms with van der Waals surface area (Å²) in [4.78, 5) is 22.0. The predicted octanol–water partition coefficient (Wildman–Crippen LogP) is 3.97. The molecular weight excluding hydrogens is 563 g/mol. The van der Waals surface area contributed by atoms with Crippen LogP contribution in [0.2, 0.25) is 9.36 Å². The normalized spacial score (nSPS) is 18.5. The van der Waals surface area contributed by atoms with Crippen molar-refractivity contribution >= 4 is 56.4 Å². The molecule has 1 aliphatic rings. The van der Waals surface area contributed by atoms with Gasteiger partial charge in [-0.1, -0.05) is 23.2 Å². The van der Waals surface area contributed by atoms with Gasteiger partial charge in [0.25, 0.3) is 0 Å². The van der Waals surface area contributed by atoms with Crippen molar-refractivity contribution < 1.29 is 27.2 Å². The maximum Gasteiger partial charge on any atom is 0.333 e. The van der Waals surface area contributed by atoms with Gasteiger partial charge in [0.2, 0.25) is 5.78 Å². The number of hydrogen-bond donors (Lipinski definition) is 3. The molecule has 37 heavy (non-hydrogen) atoms. The van der Waals surface area contributed by atoms with Crippen molar-refractivity contribution in [3.8, 4) is 5.75 Å². The number of nitrogens with one attached hydrogen (secondary N) is 1. The molecule has 2 heterocycles. The summed E-state index contributed by atoms with van der Waals surface area (Å²) in [5, 5.41) is 19.6. The van der Waals surface area contributed by atoms with Gasteiger partial charge in [-0.15, -0.1) is 11.3 Å². The highest BCUT2D eigenvalue weighted by molar-refractivity contribution is 7.84. The summed E-state index contributed by atoms with van der Waals surface area (Å²) in [6.07, 6.45) is 3.67. The van der Waals surface area contributed by atoms with E-state index in [9.17, 15) is 18.3 Å². The minimum absolute atomic E-state index is 0.000411. The number of ketones is 1. The number of anilines is 1. The van der Waals surface area contributed by atoms with Crippen LogP contribution in [0.4, 0.5) is 5.82 Å². The average Bonchev–Trinajstić information content (AvgIpc) is 3.48. The van der Waals surface area contributed by atoms with Gasteiger partial charge in [-0.3, -0.25) is 8.98 Å². The van der Waals surface area contributed by atoms with Crippen LogP contribution in [-0.4, -0.2) is 49.0 Å². The lowest BCUT2D eigenvalue weighted by molar-refractivity contribution is 0.104. The molecule has 14 heteroatoms. The summed E-state index contributed by atoms with van der Waals surface area (Å²) in [5.74, 6) is 0.416. The Hall–Kier alpha value is -2.32. The minimum Gasteiger partial charge on any atom is -0.496 e. The lowest BCUT2D eigenvalue weighted by Crippen LogP contribution is -2.22. The lowest BCUT2D eigenvalue weighted by Gasteiger charge is -2.16. The van der Waals surface area contributed by atoms with Gasteiger partial charge in [-0.25, -0.2) is 15.1 Å². The molecule has 198 valence electrons. The van der Waals surface area contributed by atoms with Crippen LogP contribution in [-0.2, 0) is 14.5 Å². The summed E-state index contributed by atoms with van der Waals surface area (Å²) in [6, 6.07) is 6.35. The van der Waals surface area contributed by atoms with E-state index >= 15 is 0 Å². The summed E-state index contributed by atoms with van der Waals surface area (Å²) < 4.78 is 32.4. The summed E-state index contributed by atoms with van der Waals surface area (Å²) >= 11 is 13.6. The third kappa shape index (κ3) is 6.77. The highest BCUT2D eigenvalue weighted by Gasteiger charge is 2.29.